The molecule has 6 aromatic rings. The lowest BCUT2D eigenvalue weighted by atomic mass is 9.85. The number of halogens is 3. The Balaban J connectivity index is 0.723. The number of para-hydroxylation sites is 1. The van der Waals surface area contributed by atoms with Crippen molar-refractivity contribution in [2.24, 2.45) is 5.41 Å². The first-order chi connectivity index (χ1) is 38.6. The van der Waals surface area contributed by atoms with Crippen LogP contribution < -0.4 is 20.3 Å². The normalized spacial score (nSPS) is 20.6. The number of pyridine rings is 1. The number of carbonyl (C=O) groups is 4. The van der Waals surface area contributed by atoms with Gasteiger partial charge in [-0.25, -0.2) is 14.4 Å². The van der Waals surface area contributed by atoms with E-state index in [1.807, 2.05) is 76.5 Å². The van der Waals surface area contributed by atoms with E-state index in [0.717, 1.165) is 57.6 Å². The van der Waals surface area contributed by atoms with Crippen LogP contribution in [0.3, 0.4) is 0 Å². The minimum Gasteiger partial charge on any atom is -0.391 e. The summed E-state index contributed by atoms with van der Waals surface area (Å²) in [6, 6.07) is 20.3. The number of aromatic amines is 1. The molecule has 0 saturated carbocycles. The third-order valence-corrected chi connectivity index (χ3v) is 18.6. The quantitative estimate of drug-likeness (QED) is 0.0498. The van der Waals surface area contributed by atoms with Gasteiger partial charge < -0.3 is 30.5 Å². The fraction of sp³-hybridized carbons (Fsp3) is 0.448. The second-order valence-corrected chi connectivity index (χ2v) is 25.3. The molecule has 4 fully saturated rings. The lowest BCUT2D eigenvalue weighted by molar-refractivity contribution is -0.144. The summed E-state index contributed by atoms with van der Waals surface area (Å²) in [6.07, 6.45) is -0.414. The minimum atomic E-state index is -4.24. The van der Waals surface area contributed by atoms with E-state index in [-0.39, 0.29) is 90.8 Å². The summed E-state index contributed by atoms with van der Waals surface area (Å²) in [4.78, 5) is 76.0. The first-order valence-electron chi connectivity index (χ1n) is 27.5. The lowest BCUT2D eigenvalue weighted by Gasteiger charge is -2.43. The van der Waals surface area contributed by atoms with E-state index >= 15 is 8.78 Å². The number of rotatable bonds is 16. The van der Waals surface area contributed by atoms with Gasteiger partial charge in [0, 0.05) is 93.6 Å². The van der Waals surface area contributed by atoms with Crippen molar-refractivity contribution >= 4 is 67.5 Å². The van der Waals surface area contributed by atoms with Crippen molar-refractivity contribution in [1.29, 1.82) is 0 Å². The molecule has 430 valence electrons. The molecule has 4 aliphatic heterocycles. The number of hydrogen-bond acceptors (Lipinski definition) is 13. The predicted molar refractivity (Wildman–Crippen MR) is 305 cm³/mol. The fourth-order valence-electron chi connectivity index (χ4n) is 11.6. The molecule has 0 aliphatic carbocycles. The molecule has 2 unspecified atom stereocenters. The number of aryl methyl sites for hydroxylation is 1. The summed E-state index contributed by atoms with van der Waals surface area (Å²) in [7, 11) is -4.24. The number of β-amino-alcohol motifs (C(OH)–C–C–N with tert-alkyl or cyclic N) is 1. The number of fused-ring (bicyclic) bond motifs is 1. The van der Waals surface area contributed by atoms with Gasteiger partial charge in [-0.1, -0.05) is 69.3 Å². The van der Waals surface area contributed by atoms with Gasteiger partial charge in [-0.2, -0.15) is 21.5 Å². The van der Waals surface area contributed by atoms with Crippen molar-refractivity contribution in [3.8, 4) is 21.6 Å². The van der Waals surface area contributed by atoms with Crippen LogP contribution in [0.15, 0.2) is 84.4 Å². The molecule has 5 atom stereocenters. The zero-order valence-corrected chi connectivity index (χ0v) is 47.6. The minimum absolute atomic E-state index is 0.00341. The topological polar surface area (TPSA) is 217 Å². The number of alkyl halides is 1. The van der Waals surface area contributed by atoms with E-state index in [2.05, 4.69) is 45.0 Å². The van der Waals surface area contributed by atoms with Gasteiger partial charge in [-0.3, -0.25) is 33.7 Å². The molecule has 4 saturated heterocycles. The van der Waals surface area contributed by atoms with Crippen LogP contribution in [0, 0.1) is 24.2 Å². The van der Waals surface area contributed by atoms with Gasteiger partial charge in [0.15, 0.2) is 5.78 Å². The van der Waals surface area contributed by atoms with Gasteiger partial charge in [-0.15, -0.1) is 11.3 Å². The van der Waals surface area contributed by atoms with E-state index in [4.69, 9.17) is 0 Å². The first kappa shape index (κ1) is 57.5. The number of nitrogens with zero attached hydrogens (tertiary/aromatic N) is 7. The molecule has 3 amide bonds. The molecule has 23 heteroatoms. The maximum Gasteiger partial charge on any atom is 0.301 e. The average Bonchev–Trinajstić information content (AvgIpc) is 4.28. The summed E-state index contributed by atoms with van der Waals surface area (Å²) in [6.45, 7) is 13.4. The molecule has 4 aliphatic rings. The van der Waals surface area contributed by atoms with Crippen LogP contribution in [0.25, 0.3) is 32.6 Å². The van der Waals surface area contributed by atoms with Crippen LogP contribution in [0.4, 0.5) is 24.5 Å². The van der Waals surface area contributed by atoms with E-state index in [9.17, 15) is 37.1 Å². The zero-order chi connectivity index (χ0) is 57.5. The van der Waals surface area contributed by atoms with Crippen molar-refractivity contribution in [3.05, 3.63) is 119 Å². The molecule has 3 aromatic heterocycles. The Bertz CT molecular complexity index is 3430. The highest BCUT2D eigenvalue weighted by Crippen LogP contribution is 2.35. The Morgan fingerprint density at radius 1 is 0.877 bits per heavy atom. The smallest absolute Gasteiger partial charge is 0.301 e. The second-order valence-electron chi connectivity index (χ2n) is 22.7. The molecular weight excluding hydrogens is 1080 g/mol. The van der Waals surface area contributed by atoms with Crippen LogP contribution in [0.1, 0.15) is 86.6 Å². The Labute approximate surface area is 473 Å². The number of likely N-dealkylation sites (tertiary alicyclic amines) is 2. The van der Waals surface area contributed by atoms with E-state index in [0.29, 0.717) is 31.7 Å². The van der Waals surface area contributed by atoms with Gasteiger partial charge in [-0.05, 0) is 85.5 Å². The number of piperazine rings is 1. The van der Waals surface area contributed by atoms with Crippen LogP contribution in [-0.4, -0.2) is 167 Å². The molecule has 0 spiro atoms. The monoisotopic (exact) mass is 1150 g/mol. The van der Waals surface area contributed by atoms with Gasteiger partial charge in [0.2, 0.25) is 29.6 Å². The van der Waals surface area contributed by atoms with Crippen molar-refractivity contribution < 1.29 is 45.9 Å². The number of aliphatic hydroxyl groups excluding tert-OH is 1. The molecule has 3 aromatic carbocycles. The van der Waals surface area contributed by atoms with E-state index in [1.54, 1.807) is 23.5 Å². The van der Waals surface area contributed by atoms with Crippen molar-refractivity contribution in [3.63, 3.8) is 0 Å². The number of aromatic nitrogens is 3. The number of anilines is 2. The van der Waals surface area contributed by atoms with Crippen LogP contribution in [0.2, 0.25) is 0 Å². The number of H-pyrrole nitrogens is 1. The first-order valence-corrected chi connectivity index (χ1v) is 29.8. The molecule has 5 N–H and O–H groups in total. The summed E-state index contributed by atoms with van der Waals surface area (Å²) in [5.41, 5.74) is 4.38. The number of benzene rings is 3. The molecule has 0 radical (unpaired) electrons. The van der Waals surface area contributed by atoms with Crippen molar-refractivity contribution in [2.75, 3.05) is 75.1 Å². The Kier molecular flexibility index (Phi) is 16.8. The number of nitrogens with one attached hydrogen (secondary N) is 4. The molecule has 81 heavy (non-hydrogen) atoms. The third-order valence-electron chi connectivity index (χ3n) is 16.1. The number of piperidine rings is 1. The standard InChI is InChI=1S/C58H68F3N11O7S2/c1-34(36-13-15-37(16-14-36)51-35(2)62-33-80-51)63-56(76)47-28-42(73)31-72(47)57(77)52(58(3,4)5)64-48(74)32-68-20-18-40(19-21-68)69-23-25-70(26-24-69)41-10-8-9-38(27-41)44-29-45-49(54(61)66-55(45)65-53(44)60)50(75)43-11-6-7-12-46(43)67-81(78,79)71-22-17-39(59)30-71/h6-16,27,29,33-34,39-40,42,47,52,67,73H,17-26,28,30-32H2,1-5H3,(H,63,76)(H,64,74)(H,65,66)/t34?,39-,42-,47+,52?/m1/s1. The third kappa shape index (κ3) is 12.5. The fourth-order valence-corrected chi connectivity index (χ4v) is 13.7. The Morgan fingerprint density at radius 2 is 1.60 bits per heavy atom. The van der Waals surface area contributed by atoms with Crippen LogP contribution in [-0.2, 0) is 24.6 Å². The largest absolute Gasteiger partial charge is 0.391 e. The lowest BCUT2D eigenvalue weighted by Crippen LogP contribution is -2.59. The number of amides is 3. The number of carbonyl (C=O) groups excluding carboxylic acids is 4. The van der Waals surface area contributed by atoms with Gasteiger partial charge in [0.25, 0.3) is 0 Å². The number of aliphatic hydroxyl groups is 1. The average molecular weight is 1150 g/mol. The highest BCUT2D eigenvalue weighted by Gasteiger charge is 2.45. The second kappa shape index (κ2) is 23.6. The molecule has 7 heterocycles. The van der Waals surface area contributed by atoms with E-state index in [1.165, 1.54) is 35.2 Å². The highest BCUT2D eigenvalue weighted by atomic mass is 32.2. The predicted octanol–water partition coefficient (Wildman–Crippen LogP) is 6.83. The Hall–Kier alpha value is -6.76. The van der Waals surface area contributed by atoms with Crippen molar-refractivity contribution in [2.45, 2.75) is 96.7 Å². The zero-order valence-electron chi connectivity index (χ0n) is 45.9. The summed E-state index contributed by atoms with van der Waals surface area (Å²) in [5.74, 6) is -3.90. The summed E-state index contributed by atoms with van der Waals surface area (Å²) < 4.78 is 75.1. The van der Waals surface area contributed by atoms with Crippen LogP contribution in [0.5, 0.6) is 0 Å². The Morgan fingerprint density at radius 3 is 2.28 bits per heavy atom. The molecule has 18 nitrogen and oxygen atoms in total. The van der Waals surface area contributed by atoms with Crippen LogP contribution >= 0.6 is 11.3 Å². The molecular formula is C58H68F3N11O7S2. The molecule has 10 rings (SSSR count). The van der Waals surface area contributed by atoms with Crippen molar-refractivity contribution in [1.82, 2.24) is 44.6 Å². The number of ketones is 1. The molecule has 0 bridgehead atoms. The maximum absolute atomic E-state index is 15.9. The van der Waals surface area contributed by atoms with Gasteiger partial charge in [0.1, 0.15) is 23.9 Å². The number of hydrogen-bond donors (Lipinski definition) is 5. The number of thiazole rings is 1. The highest BCUT2D eigenvalue weighted by molar-refractivity contribution is 7.90. The van der Waals surface area contributed by atoms with E-state index < -0.39 is 69.1 Å². The SMILES string of the molecule is Cc1ncsc1-c1ccc(C(C)NC(=O)[C@@H]2C[C@@H](O)CN2C(=O)C(NC(=O)CN2CCC(N3CCN(c4cccc(-c5cc6c(C(=O)c7ccccc7NS(=O)(=O)N7CC[C@@H](F)C7)c(F)[nH]c6nc5F)c4)CC3)CC2)C(C)(C)C)cc1. The summed E-state index contributed by atoms with van der Waals surface area (Å²) in [5, 5.41) is 16.8. The van der Waals surface area contributed by atoms with Gasteiger partial charge in [0.05, 0.1) is 46.0 Å². The summed E-state index contributed by atoms with van der Waals surface area (Å²) >= 11 is 1.57. The van der Waals surface area contributed by atoms with Gasteiger partial charge >= 0.3 is 10.2 Å². The maximum atomic E-state index is 15.9.